The van der Waals surface area contributed by atoms with Gasteiger partial charge in [-0.25, -0.2) is 0 Å². The van der Waals surface area contributed by atoms with Gasteiger partial charge in [0.2, 0.25) is 0 Å². The van der Waals surface area contributed by atoms with E-state index in [1.807, 2.05) is 11.8 Å². The van der Waals surface area contributed by atoms with Gasteiger partial charge in [-0.1, -0.05) is 24.6 Å². The minimum atomic E-state index is -0.763. The monoisotopic (exact) mass is 293 g/mol. The van der Waals surface area contributed by atoms with Gasteiger partial charge in [-0.15, -0.1) is 11.8 Å². The molecule has 0 aromatic heterocycles. The molecule has 0 radical (unpaired) electrons. The lowest BCUT2D eigenvalue weighted by atomic mass is 9.86. The van der Waals surface area contributed by atoms with Crippen molar-refractivity contribution in [3.8, 4) is 0 Å². The highest BCUT2D eigenvalue weighted by Crippen LogP contribution is 2.38. The van der Waals surface area contributed by atoms with Crippen LogP contribution in [-0.2, 0) is 9.53 Å². The predicted molar refractivity (Wildman–Crippen MR) is 82.8 cm³/mol. The van der Waals surface area contributed by atoms with Gasteiger partial charge in [-0.3, -0.25) is 4.79 Å². The van der Waals surface area contributed by atoms with Crippen molar-refractivity contribution in [2.75, 3.05) is 12.9 Å². The molecule has 0 aliphatic heterocycles. The molecule has 2 unspecified atom stereocenters. The van der Waals surface area contributed by atoms with Crippen LogP contribution in [-0.4, -0.2) is 24.4 Å². The number of rotatable bonds is 5. The van der Waals surface area contributed by atoms with E-state index in [1.54, 1.807) is 0 Å². The number of nitrogens with two attached hydrogens (primary N) is 1. The largest absolute Gasteiger partial charge is 0.468 e. The Morgan fingerprint density at radius 3 is 2.95 bits per heavy atom. The normalized spacial score (nSPS) is 25.6. The molecule has 1 fully saturated rings. The van der Waals surface area contributed by atoms with Crippen LogP contribution in [0.25, 0.3) is 0 Å². The second-order valence-corrected chi connectivity index (χ2v) is 6.66. The van der Waals surface area contributed by atoms with E-state index >= 15 is 0 Å². The number of carbonyl (C=O) groups excluding carboxylic acids is 1. The van der Waals surface area contributed by atoms with E-state index in [2.05, 4.69) is 31.2 Å². The van der Waals surface area contributed by atoms with Gasteiger partial charge in [-0.05, 0) is 49.5 Å². The van der Waals surface area contributed by atoms with Gasteiger partial charge >= 0.3 is 5.97 Å². The summed E-state index contributed by atoms with van der Waals surface area (Å²) in [6, 6.07) is 8.38. The molecule has 3 nitrogen and oxygen atoms in total. The maximum atomic E-state index is 11.9. The zero-order valence-corrected chi connectivity index (χ0v) is 13.0. The Balaban J connectivity index is 1.91. The SMILES string of the molecule is COC(=O)C1(N)CCCC1CCSc1ccccc1C. The molecular formula is C16H23NO2S. The van der Waals surface area contributed by atoms with Crippen LogP contribution in [0, 0.1) is 12.8 Å². The Labute approximate surface area is 125 Å². The fourth-order valence-corrected chi connectivity index (χ4v) is 4.09. The second kappa shape index (κ2) is 6.64. The van der Waals surface area contributed by atoms with Crippen molar-refractivity contribution in [2.45, 2.75) is 43.0 Å². The first-order valence-electron chi connectivity index (χ1n) is 7.13. The first-order chi connectivity index (χ1) is 9.58. The molecule has 2 atom stereocenters. The van der Waals surface area contributed by atoms with Crippen LogP contribution in [0.1, 0.15) is 31.2 Å². The molecule has 0 spiro atoms. The molecule has 1 aliphatic rings. The van der Waals surface area contributed by atoms with Crippen LogP contribution in [0.5, 0.6) is 0 Å². The molecular weight excluding hydrogens is 270 g/mol. The fraction of sp³-hybridized carbons (Fsp3) is 0.562. The van der Waals surface area contributed by atoms with Crippen molar-refractivity contribution in [3.05, 3.63) is 29.8 Å². The van der Waals surface area contributed by atoms with Gasteiger partial charge in [0.1, 0.15) is 5.54 Å². The number of hydrogen-bond acceptors (Lipinski definition) is 4. The summed E-state index contributed by atoms with van der Waals surface area (Å²) in [6.45, 7) is 2.12. The number of carbonyl (C=O) groups is 1. The van der Waals surface area contributed by atoms with Crippen LogP contribution in [0.4, 0.5) is 0 Å². The first kappa shape index (κ1) is 15.4. The molecule has 110 valence electrons. The smallest absolute Gasteiger partial charge is 0.326 e. The average Bonchev–Trinajstić information content (AvgIpc) is 2.83. The summed E-state index contributed by atoms with van der Waals surface area (Å²) in [5, 5.41) is 0. The lowest BCUT2D eigenvalue weighted by molar-refractivity contribution is -0.148. The van der Waals surface area contributed by atoms with Crippen molar-refractivity contribution < 1.29 is 9.53 Å². The van der Waals surface area contributed by atoms with Crippen LogP contribution in [0.15, 0.2) is 29.2 Å². The highest BCUT2D eigenvalue weighted by molar-refractivity contribution is 7.99. The quantitative estimate of drug-likeness (QED) is 0.669. The van der Waals surface area contributed by atoms with Crippen LogP contribution >= 0.6 is 11.8 Å². The van der Waals surface area contributed by atoms with E-state index in [9.17, 15) is 4.79 Å². The summed E-state index contributed by atoms with van der Waals surface area (Å²) in [5.41, 5.74) is 6.82. The van der Waals surface area contributed by atoms with E-state index in [-0.39, 0.29) is 11.9 Å². The highest BCUT2D eigenvalue weighted by atomic mass is 32.2. The molecule has 1 aromatic carbocycles. The third-order valence-corrected chi connectivity index (χ3v) is 5.46. The van der Waals surface area contributed by atoms with Crippen molar-refractivity contribution in [1.29, 1.82) is 0 Å². The Bertz CT molecular complexity index is 477. The third kappa shape index (κ3) is 3.18. The lowest BCUT2D eigenvalue weighted by Gasteiger charge is -2.28. The molecule has 2 rings (SSSR count). The standard InChI is InChI=1S/C16H23NO2S/c1-12-6-3-4-8-14(12)20-11-9-13-7-5-10-16(13,17)15(18)19-2/h3-4,6,8,13H,5,7,9-11,17H2,1-2H3. The van der Waals surface area contributed by atoms with Crippen LogP contribution < -0.4 is 5.73 Å². The number of benzene rings is 1. The molecule has 0 bridgehead atoms. The number of hydrogen-bond donors (Lipinski definition) is 1. The number of esters is 1. The van der Waals surface area contributed by atoms with Gasteiger partial charge in [0.25, 0.3) is 0 Å². The molecule has 20 heavy (non-hydrogen) atoms. The molecule has 0 saturated heterocycles. The van der Waals surface area contributed by atoms with E-state index in [1.165, 1.54) is 17.6 Å². The maximum absolute atomic E-state index is 11.9. The zero-order valence-electron chi connectivity index (χ0n) is 12.2. The maximum Gasteiger partial charge on any atom is 0.326 e. The molecule has 1 aliphatic carbocycles. The molecule has 2 N–H and O–H groups in total. The Morgan fingerprint density at radius 2 is 2.25 bits per heavy atom. The van der Waals surface area contributed by atoms with Crippen molar-refractivity contribution in [2.24, 2.45) is 11.7 Å². The molecule has 0 amide bonds. The van der Waals surface area contributed by atoms with Crippen molar-refractivity contribution >= 4 is 17.7 Å². The minimum Gasteiger partial charge on any atom is -0.468 e. The van der Waals surface area contributed by atoms with Gasteiger partial charge in [-0.2, -0.15) is 0 Å². The second-order valence-electron chi connectivity index (χ2n) is 5.52. The number of aryl methyl sites for hydroxylation is 1. The summed E-state index contributed by atoms with van der Waals surface area (Å²) in [5.74, 6) is 0.984. The van der Waals surface area contributed by atoms with Gasteiger partial charge in [0.05, 0.1) is 7.11 Å². The van der Waals surface area contributed by atoms with Gasteiger partial charge < -0.3 is 10.5 Å². The number of thioether (sulfide) groups is 1. The summed E-state index contributed by atoms with van der Waals surface area (Å²) < 4.78 is 4.88. The lowest BCUT2D eigenvalue weighted by Crippen LogP contribution is -2.51. The summed E-state index contributed by atoms with van der Waals surface area (Å²) >= 11 is 1.85. The molecule has 0 heterocycles. The van der Waals surface area contributed by atoms with Gasteiger partial charge in [0, 0.05) is 4.90 Å². The van der Waals surface area contributed by atoms with Crippen LogP contribution in [0.2, 0.25) is 0 Å². The van der Waals surface area contributed by atoms with Crippen LogP contribution in [0.3, 0.4) is 0 Å². The van der Waals surface area contributed by atoms with Crippen molar-refractivity contribution in [3.63, 3.8) is 0 Å². The van der Waals surface area contributed by atoms with Crippen molar-refractivity contribution in [1.82, 2.24) is 0 Å². The Morgan fingerprint density at radius 1 is 1.50 bits per heavy atom. The average molecular weight is 293 g/mol. The van der Waals surface area contributed by atoms with E-state index in [0.717, 1.165) is 31.4 Å². The topological polar surface area (TPSA) is 52.3 Å². The Kier molecular flexibility index (Phi) is 5.11. The van der Waals surface area contributed by atoms with E-state index in [0.29, 0.717) is 0 Å². The first-order valence-corrected chi connectivity index (χ1v) is 8.12. The number of ether oxygens (including phenoxy) is 1. The third-order valence-electron chi connectivity index (χ3n) is 4.25. The Hall–Kier alpha value is -1.00. The zero-order chi connectivity index (χ0) is 14.6. The molecule has 4 heteroatoms. The fourth-order valence-electron chi connectivity index (χ4n) is 2.99. The predicted octanol–water partition coefficient (Wildman–Crippen LogP) is 3.15. The van der Waals surface area contributed by atoms with E-state index in [4.69, 9.17) is 10.5 Å². The summed E-state index contributed by atoms with van der Waals surface area (Å²) in [4.78, 5) is 13.2. The molecule has 1 saturated carbocycles. The summed E-state index contributed by atoms with van der Waals surface area (Å²) in [6.07, 6.45) is 3.76. The molecule has 1 aromatic rings. The van der Waals surface area contributed by atoms with E-state index < -0.39 is 5.54 Å². The van der Waals surface area contributed by atoms with Gasteiger partial charge in [0.15, 0.2) is 0 Å². The highest BCUT2D eigenvalue weighted by Gasteiger charge is 2.46. The minimum absolute atomic E-state index is 0.242. The summed E-state index contributed by atoms with van der Waals surface area (Å²) in [7, 11) is 1.43. The number of methoxy groups -OCH3 is 1.